The number of aliphatic carboxylic acids is 1. The number of aliphatic hydroxyl groups is 1. The zero-order chi connectivity index (χ0) is 28.7. The molecule has 0 amide bonds. The lowest BCUT2D eigenvalue weighted by atomic mass is 9.65. The predicted molar refractivity (Wildman–Crippen MR) is 138 cm³/mol. The van der Waals surface area contributed by atoms with Crippen molar-refractivity contribution in [3.8, 4) is 0 Å². The predicted octanol–water partition coefficient (Wildman–Crippen LogP) is 3.20. The van der Waals surface area contributed by atoms with E-state index in [9.17, 15) is 24.3 Å². The summed E-state index contributed by atoms with van der Waals surface area (Å²) in [5.74, 6) is -2.66. The minimum absolute atomic E-state index is 0.0588. The fourth-order valence-electron chi connectivity index (χ4n) is 5.09. The van der Waals surface area contributed by atoms with Crippen molar-refractivity contribution < 1.29 is 43.5 Å². The number of carbonyl (C=O) groups excluding carboxylic acids is 3. The van der Waals surface area contributed by atoms with Crippen LogP contribution in [-0.2, 0) is 35.4 Å². The van der Waals surface area contributed by atoms with Crippen LogP contribution in [0.15, 0.2) is 34.0 Å². The van der Waals surface area contributed by atoms with Crippen molar-refractivity contribution in [1.82, 2.24) is 10.6 Å². The number of carbonyl (C=O) groups is 4. The second-order valence-corrected chi connectivity index (χ2v) is 10.5. The molecule has 39 heavy (non-hydrogen) atoms. The number of carboxylic acids is 1. The summed E-state index contributed by atoms with van der Waals surface area (Å²) >= 11 is 0. The molecule has 1 heterocycles. The maximum Gasteiger partial charge on any atom is 0.308 e. The molecule has 3 N–H and O–H groups in total. The molecule has 0 saturated carbocycles. The Morgan fingerprint density at radius 3 is 2.67 bits per heavy atom. The molecule has 0 fully saturated rings. The SMILES string of the molecule is CCC(C)C(=O)OC1CC=C(NOCc2cc(C)on2)C2=CC(=O)C(C)C(CCC(=O)CC(O)CC(=O)O)C21. The number of aliphatic hydroxyl groups excluding tert-OH is 1. The number of carboxylic acid groups (broad SMARTS) is 1. The van der Waals surface area contributed by atoms with Crippen LogP contribution < -0.4 is 5.48 Å². The van der Waals surface area contributed by atoms with Gasteiger partial charge in [0.25, 0.3) is 0 Å². The van der Waals surface area contributed by atoms with Crippen molar-refractivity contribution in [2.24, 2.45) is 23.7 Å². The van der Waals surface area contributed by atoms with E-state index in [-0.39, 0.29) is 54.7 Å². The number of nitrogens with one attached hydrogen (secondary N) is 1. The first kappa shape index (κ1) is 30.2. The minimum atomic E-state index is -1.26. The first-order valence-electron chi connectivity index (χ1n) is 13.4. The molecule has 0 aromatic carbocycles. The molecule has 11 nitrogen and oxygen atoms in total. The Kier molecular flexibility index (Phi) is 10.6. The highest BCUT2D eigenvalue weighted by atomic mass is 16.6. The van der Waals surface area contributed by atoms with Crippen LogP contribution in [0, 0.1) is 30.6 Å². The highest BCUT2D eigenvalue weighted by Gasteiger charge is 2.45. The topological polar surface area (TPSA) is 165 Å². The first-order chi connectivity index (χ1) is 18.5. The molecular formula is C28H38N2O9. The first-order valence-corrected chi connectivity index (χ1v) is 13.4. The second kappa shape index (κ2) is 13.7. The fraction of sp³-hybridized carbons (Fsp3) is 0.607. The number of nitrogens with zero attached hydrogens (tertiary/aromatic N) is 1. The Labute approximate surface area is 227 Å². The van der Waals surface area contributed by atoms with E-state index in [1.165, 1.54) is 0 Å². The summed E-state index contributed by atoms with van der Waals surface area (Å²) in [6.45, 7) is 7.40. The maximum atomic E-state index is 13.0. The number of ether oxygens (including phenoxy) is 1. The fourth-order valence-corrected chi connectivity index (χ4v) is 5.09. The van der Waals surface area contributed by atoms with E-state index in [1.807, 2.05) is 13.0 Å². The zero-order valence-corrected chi connectivity index (χ0v) is 22.8. The van der Waals surface area contributed by atoms with E-state index in [0.717, 1.165) is 0 Å². The number of ketones is 2. The van der Waals surface area contributed by atoms with E-state index >= 15 is 0 Å². The third-order valence-electron chi connectivity index (χ3n) is 7.47. The second-order valence-electron chi connectivity index (χ2n) is 10.5. The number of aromatic nitrogens is 1. The van der Waals surface area contributed by atoms with Gasteiger partial charge in [-0.3, -0.25) is 29.5 Å². The monoisotopic (exact) mass is 546 g/mol. The molecule has 11 heteroatoms. The van der Waals surface area contributed by atoms with Crippen LogP contribution in [0.5, 0.6) is 0 Å². The Morgan fingerprint density at radius 2 is 2.03 bits per heavy atom. The Hall–Kier alpha value is -3.31. The number of fused-ring (bicyclic) bond motifs is 1. The number of hydrogen-bond donors (Lipinski definition) is 3. The van der Waals surface area contributed by atoms with Gasteiger partial charge in [-0.15, -0.1) is 0 Å². The third-order valence-corrected chi connectivity index (χ3v) is 7.47. The third kappa shape index (κ3) is 8.09. The molecule has 2 aliphatic carbocycles. The summed E-state index contributed by atoms with van der Waals surface area (Å²) in [7, 11) is 0. The summed E-state index contributed by atoms with van der Waals surface area (Å²) < 4.78 is 11.0. The van der Waals surface area contributed by atoms with Gasteiger partial charge in [-0.1, -0.05) is 32.0 Å². The lowest BCUT2D eigenvalue weighted by molar-refractivity contribution is -0.157. The van der Waals surface area contributed by atoms with Gasteiger partial charge in [0.1, 0.15) is 29.9 Å². The minimum Gasteiger partial charge on any atom is -0.481 e. The number of rotatable bonds is 14. The molecule has 0 spiro atoms. The molecule has 1 aromatic rings. The zero-order valence-electron chi connectivity index (χ0n) is 22.8. The van der Waals surface area contributed by atoms with Crippen LogP contribution in [-0.4, -0.2) is 51.1 Å². The highest BCUT2D eigenvalue weighted by molar-refractivity contribution is 5.94. The van der Waals surface area contributed by atoms with Gasteiger partial charge in [0.05, 0.1) is 24.1 Å². The molecule has 0 bridgehead atoms. The molecule has 2 aliphatic rings. The molecule has 0 aliphatic heterocycles. The quantitative estimate of drug-likeness (QED) is 0.232. The van der Waals surface area contributed by atoms with Crippen LogP contribution in [0.2, 0.25) is 0 Å². The lowest BCUT2D eigenvalue weighted by Gasteiger charge is -2.43. The van der Waals surface area contributed by atoms with Crippen LogP contribution in [0.4, 0.5) is 0 Å². The van der Waals surface area contributed by atoms with Crippen LogP contribution in [0.3, 0.4) is 0 Å². The summed E-state index contributed by atoms with van der Waals surface area (Å²) in [5, 5.41) is 22.6. The van der Waals surface area contributed by atoms with Crippen LogP contribution in [0.25, 0.3) is 0 Å². The largest absolute Gasteiger partial charge is 0.481 e. The average molecular weight is 547 g/mol. The molecule has 0 radical (unpaired) electrons. The van der Waals surface area contributed by atoms with Crippen molar-refractivity contribution in [3.05, 3.63) is 40.9 Å². The van der Waals surface area contributed by atoms with Crippen molar-refractivity contribution in [2.45, 2.75) is 85.0 Å². The van der Waals surface area contributed by atoms with Gasteiger partial charge >= 0.3 is 11.9 Å². The molecule has 6 unspecified atom stereocenters. The number of esters is 1. The molecule has 1 aromatic heterocycles. The van der Waals surface area contributed by atoms with Crippen LogP contribution in [0.1, 0.15) is 70.8 Å². The van der Waals surface area contributed by atoms with Gasteiger partial charge in [-0.2, -0.15) is 0 Å². The molecule has 214 valence electrons. The Bertz CT molecular complexity index is 1120. The Balaban J connectivity index is 1.79. The van der Waals surface area contributed by atoms with E-state index in [2.05, 4.69) is 10.6 Å². The van der Waals surface area contributed by atoms with Gasteiger partial charge in [0.15, 0.2) is 5.78 Å². The van der Waals surface area contributed by atoms with Gasteiger partial charge in [-0.05, 0) is 37.3 Å². The number of allylic oxidation sites excluding steroid dienone is 2. The standard InChI is InChI=1S/C28H38N2O9/c1-5-15(2)28(36)38-25-9-8-23(30-37-14-18-10-16(3)39-29-18)22-13-24(33)17(4)21(27(22)25)7-6-19(31)11-20(32)12-26(34)35/h8,10,13,15,17,20-21,25,27,30,32H,5-7,9,11-12,14H2,1-4H3,(H,34,35). The smallest absolute Gasteiger partial charge is 0.308 e. The highest BCUT2D eigenvalue weighted by Crippen LogP contribution is 2.45. The van der Waals surface area contributed by atoms with E-state index in [1.54, 1.807) is 32.9 Å². The van der Waals surface area contributed by atoms with Crippen LogP contribution >= 0.6 is 0 Å². The van der Waals surface area contributed by atoms with Crippen molar-refractivity contribution in [3.63, 3.8) is 0 Å². The summed E-state index contributed by atoms with van der Waals surface area (Å²) in [6, 6.07) is 1.75. The summed E-state index contributed by atoms with van der Waals surface area (Å²) in [4.78, 5) is 54.8. The van der Waals surface area contributed by atoms with Gasteiger partial charge in [-0.25, -0.2) is 0 Å². The van der Waals surface area contributed by atoms with Gasteiger partial charge in [0.2, 0.25) is 0 Å². The number of hydroxylamine groups is 1. The molecule has 3 rings (SSSR count). The summed E-state index contributed by atoms with van der Waals surface area (Å²) in [5.41, 5.74) is 4.74. The molecule has 0 saturated heterocycles. The van der Waals surface area contributed by atoms with E-state index in [0.29, 0.717) is 42.0 Å². The molecular weight excluding hydrogens is 508 g/mol. The maximum absolute atomic E-state index is 13.0. The normalized spacial score (nSPS) is 24.2. The molecule has 6 atom stereocenters. The Morgan fingerprint density at radius 1 is 1.28 bits per heavy atom. The number of Topliss-reactive ketones (excluding diaryl/α,β-unsaturated/α-hetero) is 1. The van der Waals surface area contributed by atoms with Gasteiger partial charge in [0, 0.05) is 37.2 Å². The van der Waals surface area contributed by atoms with E-state index < -0.39 is 30.5 Å². The van der Waals surface area contributed by atoms with Gasteiger partial charge < -0.3 is 19.5 Å². The number of aryl methyl sites for hydroxylation is 1. The summed E-state index contributed by atoms with van der Waals surface area (Å²) in [6.07, 6.45) is 2.19. The lowest BCUT2D eigenvalue weighted by Crippen LogP contribution is -2.45. The van der Waals surface area contributed by atoms with Crippen molar-refractivity contribution >= 4 is 23.5 Å². The van der Waals surface area contributed by atoms with Crippen molar-refractivity contribution in [2.75, 3.05) is 0 Å². The van der Waals surface area contributed by atoms with E-state index in [4.69, 9.17) is 19.2 Å². The average Bonchev–Trinajstić information content (AvgIpc) is 3.29. The van der Waals surface area contributed by atoms with Crippen molar-refractivity contribution in [1.29, 1.82) is 0 Å². The number of hydrogen-bond acceptors (Lipinski definition) is 10.